The van der Waals surface area contributed by atoms with E-state index in [-0.39, 0.29) is 12.6 Å². The minimum Gasteiger partial charge on any atom is -0.488 e. The molecule has 0 aliphatic carbocycles. The fourth-order valence-electron chi connectivity index (χ4n) is 4.46. The molecule has 0 bridgehead atoms. The molecule has 2 aliphatic rings. The van der Waals surface area contributed by atoms with Crippen LogP contribution in [0.15, 0.2) is 36.8 Å². The van der Waals surface area contributed by atoms with Crippen LogP contribution in [-0.4, -0.2) is 78.6 Å². The topological polar surface area (TPSA) is 103 Å². The molecule has 6 rings (SSSR count). The molecule has 2 fully saturated rings. The first-order valence-corrected chi connectivity index (χ1v) is 11.7. The molecule has 1 unspecified atom stereocenters. The number of aliphatic hydroxyl groups is 1. The molecule has 0 spiro atoms. The molecule has 4 aromatic rings. The summed E-state index contributed by atoms with van der Waals surface area (Å²) in [7, 11) is 0. The molecule has 0 aromatic carbocycles. The first-order chi connectivity index (χ1) is 17.0. The van der Waals surface area contributed by atoms with Crippen molar-refractivity contribution in [1.82, 2.24) is 34.5 Å². The highest BCUT2D eigenvalue weighted by Crippen LogP contribution is 2.34. The van der Waals surface area contributed by atoms with E-state index >= 15 is 0 Å². The summed E-state index contributed by atoms with van der Waals surface area (Å²) in [5, 5.41) is 24.1. The Labute approximate surface area is 204 Å². The molecule has 1 atom stereocenters. The zero-order chi connectivity index (χ0) is 24.1. The van der Waals surface area contributed by atoms with Crippen molar-refractivity contribution in [2.24, 2.45) is 0 Å². The van der Waals surface area contributed by atoms with Crippen molar-refractivity contribution in [3.05, 3.63) is 59.0 Å². The number of pyridine rings is 2. The van der Waals surface area contributed by atoms with Crippen LogP contribution in [0.3, 0.4) is 0 Å². The van der Waals surface area contributed by atoms with Crippen molar-refractivity contribution < 1.29 is 19.0 Å². The Hall–Kier alpha value is -3.12. The van der Waals surface area contributed by atoms with Crippen LogP contribution in [0.4, 0.5) is 4.39 Å². The number of likely N-dealkylation sites (tertiary alicyclic amines) is 1. The summed E-state index contributed by atoms with van der Waals surface area (Å²) in [5.41, 5.74) is 3.29. The number of aliphatic hydroxyl groups excluding tert-OH is 1. The second-order valence-corrected chi connectivity index (χ2v) is 9.28. The van der Waals surface area contributed by atoms with Gasteiger partial charge in [0.05, 0.1) is 54.1 Å². The van der Waals surface area contributed by atoms with E-state index in [1.165, 1.54) is 18.3 Å². The van der Waals surface area contributed by atoms with Crippen molar-refractivity contribution in [3.63, 3.8) is 0 Å². The summed E-state index contributed by atoms with van der Waals surface area (Å²) in [6.07, 6.45) is 3.36. The Bertz CT molecular complexity index is 1370. The molecule has 1 N–H and O–H groups in total. The lowest BCUT2D eigenvalue weighted by molar-refractivity contribution is -0.100. The number of aromatic nitrogens is 6. The van der Waals surface area contributed by atoms with Crippen molar-refractivity contribution in [2.75, 3.05) is 32.9 Å². The minimum atomic E-state index is -1.05. The third kappa shape index (κ3) is 4.04. The average molecular weight is 500 g/mol. The van der Waals surface area contributed by atoms with Crippen LogP contribution in [0.5, 0.6) is 5.75 Å². The van der Waals surface area contributed by atoms with Gasteiger partial charge in [-0.1, -0.05) is 16.8 Å². The lowest BCUT2D eigenvalue weighted by atomic mass is 10.0. The van der Waals surface area contributed by atoms with Crippen molar-refractivity contribution >= 4 is 17.1 Å². The smallest absolute Gasteiger partial charge is 0.147 e. The lowest BCUT2D eigenvalue weighted by Gasteiger charge is -2.47. The van der Waals surface area contributed by atoms with Crippen molar-refractivity contribution in [3.8, 4) is 17.0 Å². The Morgan fingerprint density at radius 1 is 1.26 bits per heavy atom. The van der Waals surface area contributed by atoms with Gasteiger partial charge in [-0.2, -0.15) is 5.10 Å². The molecule has 182 valence electrons. The maximum absolute atomic E-state index is 13.2. The fraction of sp³-hybridized carbons (Fsp3) is 0.391. The number of nitrogens with zero attached hydrogens (tertiary/aromatic N) is 7. The highest BCUT2D eigenvalue weighted by molar-refractivity contribution is 6.34. The fourth-order valence-corrected chi connectivity index (χ4v) is 4.68. The standard InChI is InChI=1S/C23H23ClFN7O3/c1-13-22(28-29-32(13)16-8-30(9-16)17-10-34-11-17)14-4-21(23-18(24)6-27-31(23)7-14)35-12-20(33)19-3-2-15(25)5-26-19/h2-7,16-17,20,33H,8-12H2,1H3. The number of halogens is 2. The minimum absolute atomic E-state index is 0.103. The number of hydrogen-bond donors (Lipinski definition) is 1. The normalized spacial score (nSPS) is 17.9. The van der Waals surface area contributed by atoms with Gasteiger partial charge in [-0.25, -0.2) is 13.6 Å². The molecule has 35 heavy (non-hydrogen) atoms. The van der Waals surface area contributed by atoms with Gasteiger partial charge in [-0.15, -0.1) is 5.10 Å². The summed E-state index contributed by atoms with van der Waals surface area (Å²) in [6.45, 7) is 5.35. The first kappa shape index (κ1) is 22.4. The Balaban J connectivity index is 1.25. The molecule has 12 heteroatoms. The highest BCUT2D eigenvalue weighted by Gasteiger charge is 2.38. The predicted octanol–water partition coefficient (Wildman–Crippen LogP) is 2.46. The number of fused-ring (bicyclic) bond motifs is 1. The van der Waals surface area contributed by atoms with E-state index in [9.17, 15) is 9.50 Å². The zero-order valence-corrected chi connectivity index (χ0v) is 19.6. The van der Waals surface area contributed by atoms with E-state index in [1.807, 2.05) is 23.9 Å². The molecule has 10 nitrogen and oxygen atoms in total. The Morgan fingerprint density at radius 2 is 2.09 bits per heavy atom. The van der Waals surface area contributed by atoms with Crippen LogP contribution in [0.1, 0.15) is 23.5 Å². The summed E-state index contributed by atoms with van der Waals surface area (Å²) < 4.78 is 28.0. The Kier molecular flexibility index (Phi) is 5.64. The molecule has 6 heterocycles. The second-order valence-electron chi connectivity index (χ2n) is 8.87. The van der Waals surface area contributed by atoms with Gasteiger partial charge in [-0.3, -0.25) is 9.88 Å². The van der Waals surface area contributed by atoms with Gasteiger partial charge in [-0.05, 0) is 25.1 Å². The van der Waals surface area contributed by atoms with Gasteiger partial charge < -0.3 is 14.6 Å². The number of rotatable bonds is 7. The molecular formula is C23H23ClFN7O3. The van der Waals surface area contributed by atoms with E-state index < -0.39 is 11.9 Å². The maximum Gasteiger partial charge on any atom is 0.147 e. The van der Waals surface area contributed by atoms with Gasteiger partial charge in [0.25, 0.3) is 0 Å². The average Bonchev–Trinajstić information content (AvgIpc) is 3.35. The number of ether oxygens (including phenoxy) is 2. The summed E-state index contributed by atoms with van der Waals surface area (Å²) in [6, 6.07) is 5.26. The van der Waals surface area contributed by atoms with E-state index in [4.69, 9.17) is 21.1 Å². The zero-order valence-electron chi connectivity index (χ0n) is 18.9. The molecule has 0 saturated carbocycles. The largest absolute Gasteiger partial charge is 0.488 e. The third-order valence-electron chi connectivity index (χ3n) is 6.59. The molecule has 0 radical (unpaired) electrons. The van der Waals surface area contributed by atoms with Crippen molar-refractivity contribution in [2.45, 2.75) is 25.1 Å². The molecule has 2 saturated heterocycles. The first-order valence-electron chi connectivity index (χ1n) is 11.3. The van der Waals surface area contributed by atoms with E-state index in [1.54, 1.807) is 4.52 Å². The van der Waals surface area contributed by atoms with Gasteiger partial charge in [0, 0.05) is 24.8 Å². The van der Waals surface area contributed by atoms with Crippen molar-refractivity contribution in [1.29, 1.82) is 0 Å². The van der Waals surface area contributed by atoms with Crippen LogP contribution in [0.2, 0.25) is 5.02 Å². The maximum atomic E-state index is 13.2. The quantitative estimate of drug-likeness (QED) is 0.413. The van der Waals surface area contributed by atoms with Crippen LogP contribution >= 0.6 is 11.6 Å². The van der Waals surface area contributed by atoms with Crippen LogP contribution in [0, 0.1) is 12.7 Å². The van der Waals surface area contributed by atoms with E-state index in [0.717, 1.165) is 49.5 Å². The second kappa shape index (κ2) is 8.83. The number of hydrogen-bond acceptors (Lipinski definition) is 8. The molecule has 0 amide bonds. The highest BCUT2D eigenvalue weighted by atomic mass is 35.5. The third-order valence-corrected chi connectivity index (χ3v) is 6.87. The van der Waals surface area contributed by atoms with Gasteiger partial charge in [0.2, 0.25) is 0 Å². The lowest BCUT2D eigenvalue weighted by Crippen LogP contribution is -2.59. The van der Waals surface area contributed by atoms with Gasteiger partial charge in [0.1, 0.15) is 35.5 Å². The molecule has 2 aliphatic heterocycles. The van der Waals surface area contributed by atoms with Gasteiger partial charge >= 0.3 is 0 Å². The molecular weight excluding hydrogens is 477 g/mol. The summed E-state index contributed by atoms with van der Waals surface area (Å²) in [4.78, 5) is 6.32. The van der Waals surface area contributed by atoms with Crippen LogP contribution < -0.4 is 4.74 Å². The summed E-state index contributed by atoms with van der Waals surface area (Å²) >= 11 is 6.36. The van der Waals surface area contributed by atoms with E-state index in [2.05, 4.69) is 25.3 Å². The SMILES string of the molecule is Cc1c(-c2cc(OCC(O)c3ccc(F)cn3)c3c(Cl)cnn3c2)nnn1C1CN(C2COC2)C1. The van der Waals surface area contributed by atoms with Crippen LogP contribution in [-0.2, 0) is 4.74 Å². The van der Waals surface area contributed by atoms with Crippen LogP contribution in [0.25, 0.3) is 16.8 Å². The monoisotopic (exact) mass is 499 g/mol. The van der Waals surface area contributed by atoms with Gasteiger partial charge in [0.15, 0.2) is 0 Å². The predicted molar refractivity (Wildman–Crippen MR) is 124 cm³/mol. The summed E-state index contributed by atoms with van der Waals surface area (Å²) in [5.74, 6) is -0.0442. The Morgan fingerprint density at radius 3 is 2.80 bits per heavy atom. The van der Waals surface area contributed by atoms with E-state index in [0.29, 0.717) is 28.0 Å². The molecule has 4 aromatic heterocycles.